The molecule has 1 spiro atoms. The molecule has 1 amide bonds. The summed E-state index contributed by atoms with van der Waals surface area (Å²) < 4.78 is 5.93. The summed E-state index contributed by atoms with van der Waals surface area (Å²) in [4.78, 5) is 26.7. The number of carbonyl (C=O) groups excluding carboxylic acids is 1. The molecule has 2 aliphatic heterocycles. The van der Waals surface area contributed by atoms with Gasteiger partial charge >= 0.3 is 0 Å². The largest absolute Gasteiger partial charge is 0.478 e. The monoisotopic (exact) mass is 514 g/mol. The first kappa shape index (κ1) is 26.6. The van der Waals surface area contributed by atoms with Crippen LogP contribution in [0, 0.1) is 10.8 Å². The summed E-state index contributed by atoms with van der Waals surface area (Å²) in [6.07, 6.45) is 12.7. The molecule has 3 heterocycles. The lowest BCUT2D eigenvalue weighted by molar-refractivity contribution is -0.135. The highest BCUT2D eigenvalue weighted by Gasteiger charge is 2.51. The van der Waals surface area contributed by atoms with Gasteiger partial charge in [0.1, 0.15) is 0 Å². The molecule has 202 valence electrons. The van der Waals surface area contributed by atoms with Crippen molar-refractivity contribution in [3.63, 3.8) is 0 Å². The number of piperidine rings is 1. The third kappa shape index (κ3) is 5.42. The number of hydrogen-bond donors (Lipinski definition) is 0. The summed E-state index contributed by atoms with van der Waals surface area (Å²) in [6.45, 7) is 12.6. The molecule has 5 rings (SSSR count). The Bertz CT molecular complexity index is 1180. The quantitative estimate of drug-likeness (QED) is 0.289. The molecule has 2 aromatic rings. The van der Waals surface area contributed by atoms with E-state index >= 15 is 0 Å². The van der Waals surface area contributed by atoms with E-state index < -0.39 is 5.41 Å². The second kappa shape index (κ2) is 11.0. The molecular weight excluding hydrogens is 472 g/mol. The molecular formula is C32H42N4O2. The number of carbonyl (C=O) groups is 1. The van der Waals surface area contributed by atoms with Gasteiger partial charge in [0.25, 0.3) is 0 Å². The Morgan fingerprint density at radius 3 is 2.45 bits per heavy atom. The molecule has 0 bridgehead atoms. The molecule has 6 heteroatoms. The molecule has 6 nitrogen and oxygen atoms in total. The molecule has 1 aliphatic carbocycles. The van der Waals surface area contributed by atoms with Crippen LogP contribution in [0.2, 0.25) is 0 Å². The van der Waals surface area contributed by atoms with Gasteiger partial charge in [0, 0.05) is 43.2 Å². The first-order valence-corrected chi connectivity index (χ1v) is 14.2. The van der Waals surface area contributed by atoms with Crippen LogP contribution in [0.4, 0.5) is 5.69 Å². The Labute approximate surface area is 227 Å². The summed E-state index contributed by atoms with van der Waals surface area (Å²) in [5.74, 6) is 0.860. The normalized spacial score (nSPS) is 21.0. The molecule has 1 saturated heterocycles. The number of hydrogen-bond acceptors (Lipinski definition) is 5. The Kier molecular flexibility index (Phi) is 7.71. The van der Waals surface area contributed by atoms with Crippen molar-refractivity contribution >= 4 is 23.9 Å². The zero-order chi connectivity index (χ0) is 26.8. The van der Waals surface area contributed by atoms with Crippen molar-refractivity contribution in [2.75, 3.05) is 33.3 Å². The number of ether oxygens (including phenoxy) is 1. The molecule has 3 aliphatic rings. The van der Waals surface area contributed by atoms with Crippen LogP contribution in [0.1, 0.15) is 70.8 Å². The van der Waals surface area contributed by atoms with E-state index in [9.17, 15) is 4.79 Å². The summed E-state index contributed by atoms with van der Waals surface area (Å²) in [5.41, 5.74) is 4.73. The number of nitrogens with zero attached hydrogens (tertiary/aromatic N) is 4. The minimum atomic E-state index is -0.480. The molecule has 1 aromatic carbocycles. The molecule has 0 radical (unpaired) electrons. The topological polar surface area (TPSA) is 58.0 Å². The first-order chi connectivity index (χ1) is 18.3. The summed E-state index contributed by atoms with van der Waals surface area (Å²) in [7, 11) is 1.87. The minimum absolute atomic E-state index is 0.201. The second-order valence-electron chi connectivity index (χ2n) is 12.1. The van der Waals surface area contributed by atoms with Crippen molar-refractivity contribution in [2.45, 2.75) is 65.2 Å². The SMILES string of the molecule is C=Nc1ccc(-c2ccc(OCCCN3CCCCC3)nc2)cc1C1=CN(C)C(=O)C12CCC(C)(C)CC2. The van der Waals surface area contributed by atoms with Crippen LogP contribution in [0.3, 0.4) is 0 Å². The van der Waals surface area contributed by atoms with E-state index in [1.165, 1.54) is 32.4 Å². The van der Waals surface area contributed by atoms with E-state index in [2.05, 4.69) is 53.6 Å². The van der Waals surface area contributed by atoms with Gasteiger partial charge in [-0.3, -0.25) is 9.79 Å². The summed E-state index contributed by atoms with van der Waals surface area (Å²) >= 11 is 0. The summed E-state index contributed by atoms with van der Waals surface area (Å²) in [5, 5.41) is 0. The van der Waals surface area contributed by atoms with Crippen LogP contribution in [0.5, 0.6) is 5.88 Å². The van der Waals surface area contributed by atoms with Gasteiger partial charge in [-0.05, 0) is 99.5 Å². The van der Waals surface area contributed by atoms with Gasteiger partial charge in [0.05, 0.1) is 17.7 Å². The number of pyridine rings is 1. The number of aliphatic imine (C=N–C) groups is 1. The molecule has 38 heavy (non-hydrogen) atoms. The molecule has 0 unspecified atom stereocenters. The van der Waals surface area contributed by atoms with Crippen molar-refractivity contribution in [2.24, 2.45) is 15.8 Å². The van der Waals surface area contributed by atoms with Crippen molar-refractivity contribution in [1.29, 1.82) is 0 Å². The molecule has 2 fully saturated rings. The molecule has 1 aromatic heterocycles. The third-order valence-corrected chi connectivity index (χ3v) is 8.87. The van der Waals surface area contributed by atoms with Gasteiger partial charge in [0.2, 0.25) is 11.8 Å². The molecule has 0 atom stereocenters. The first-order valence-electron chi connectivity index (χ1n) is 14.2. The van der Waals surface area contributed by atoms with Crippen molar-refractivity contribution in [3.05, 3.63) is 48.3 Å². The standard InChI is InChI=1S/C32H42N4O2/c1-31(2)13-15-32(16-14-31)27(23-35(4)30(32)37)26-21-24(9-11-28(26)33-3)25-10-12-29(34-22-25)38-20-8-19-36-17-6-5-7-18-36/h9-12,21-23H,3,5-8,13-20H2,1-2,4H3. The van der Waals surface area contributed by atoms with Crippen molar-refractivity contribution in [3.8, 4) is 17.0 Å². The average molecular weight is 515 g/mol. The van der Waals surface area contributed by atoms with E-state index in [1.807, 2.05) is 31.6 Å². The lowest BCUT2D eigenvalue weighted by Gasteiger charge is -2.41. The highest BCUT2D eigenvalue weighted by atomic mass is 16.5. The lowest BCUT2D eigenvalue weighted by Crippen LogP contribution is -2.40. The number of likely N-dealkylation sites (tertiary alicyclic amines) is 1. The van der Waals surface area contributed by atoms with Crippen LogP contribution >= 0.6 is 0 Å². The Morgan fingerprint density at radius 1 is 1.03 bits per heavy atom. The van der Waals surface area contributed by atoms with Crippen LogP contribution < -0.4 is 4.74 Å². The minimum Gasteiger partial charge on any atom is -0.478 e. The maximum atomic E-state index is 13.5. The second-order valence-corrected chi connectivity index (χ2v) is 12.1. The van der Waals surface area contributed by atoms with E-state index in [0.29, 0.717) is 12.5 Å². The van der Waals surface area contributed by atoms with Gasteiger partial charge in [-0.1, -0.05) is 26.3 Å². The number of rotatable bonds is 8. The predicted octanol–water partition coefficient (Wildman–Crippen LogP) is 6.74. The third-order valence-electron chi connectivity index (χ3n) is 8.87. The smallest absolute Gasteiger partial charge is 0.236 e. The van der Waals surface area contributed by atoms with Gasteiger partial charge in [-0.25, -0.2) is 4.98 Å². The predicted molar refractivity (Wildman–Crippen MR) is 155 cm³/mol. The molecule has 0 N–H and O–H groups in total. The van der Waals surface area contributed by atoms with E-state index in [4.69, 9.17) is 4.74 Å². The summed E-state index contributed by atoms with van der Waals surface area (Å²) in [6, 6.07) is 10.2. The van der Waals surface area contributed by atoms with Gasteiger partial charge < -0.3 is 14.5 Å². The fourth-order valence-electron chi connectivity index (χ4n) is 6.35. The van der Waals surface area contributed by atoms with Crippen LogP contribution in [-0.4, -0.2) is 60.7 Å². The zero-order valence-electron chi connectivity index (χ0n) is 23.3. The fourth-order valence-corrected chi connectivity index (χ4v) is 6.35. The Hall–Kier alpha value is -2.99. The van der Waals surface area contributed by atoms with Crippen LogP contribution in [-0.2, 0) is 4.79 Å². The van der Waals surface area contributed by atoms with Crippen molar-refractivity contribution < 1.29 is 9.53 Å². The number of aromatic nitrogens is 1. The van der Waals surface area contributed by atoms with Crippen molar-refractivity contribution in [1.82, 2.24) is 14.8 Å². The van der Waals surface area contributed by atoms with Gasteiger partial charge in [-0.15, -0.1) is 0 Å². The van der Waals surface area contributed by atoms with Gasteiger partial charge in [-0.2, -0.15) is 0 Å². The van der Waals surface area contributed by atoms with E-state index in [-0.39, 0.29) is 11.3 Å². The highest BCUT2D eigenvalue weighted by molar-refractivity contribution is 6.03. The fraction of sp³-hybridized carbons (Fsp3) is 0.531. The maximum absolute atomic E-state index is 13.5. The van der Waals surface area contributed by atoms with E-state index in [1.54, 1.807) is 4.90 Å². The van der Waals surface area contributed by atoms with E-state index in [0.717, 1.165) is 66.6 Å². The Balaban J connectivity index is 1.32. The average Bonchev–Trinajstić information content (AvgIpc) is 3.18. The highest BCUT2D eigenvalue weighted by Crippen LogP contribution is 2.56. The van der Waals surface area contributed by atoms with Gasteiger partial charge in [0.15, 0.2) is 0 Å². The van der Waals surface area contributed by atoms with Crippen LogP contribution in [0.25, 0.3) is 16.7 Å². The number of amides is 1. The Morgan fingerprint density at radius 2 is 1.76 bits per heavy atom. The zero-order valence-corrected chi connectivity index (χ0v) is 23.3. The lowest BCUT2D eigenvalue weighted by atomic mass is 9.61. The van der Waals surface area contributed by atoms with Crippen LogP contribution in [0.15, 0.2) is 47.7 Å². The maximum Gasteiger partial charge on any atom is 0.236 e. The molecule has 1 saturated carbocycles. The number of benzene rings is 1.